The van der Waals surface area contributed by atoms with Gasteiger partial charge in [-0.15, -0.1) is 0 Å². The van der Waals surface area contributed by atoms with Crippen LogP contribution in [0.3, 0.4) is 0 Å². The molecule has 0 aliphatic carbocycles. The highest BCUT2D eigenvalue weighted by atomic mass is 19.4. The fourth-order valence-corrected chi connectivity index (χ4v) is 1.27. The number of carboxylic acids is 1. The first-order valence-corrected chi connectivity index (χ1v) is 5.53. The smallest absolute Gasteiger partial charge is 0.460 e. The largest absolute Gasteiger partial charge is 0.478 e. The normalized spacial score (nSPS) is 16.4. The minimum Gasteiger partial charge on any atom is -0.478 e. The summed E-state index contributed by atoms with van der Waals surface area (Å²) in [6, 6.07) is 0. The molecule has 1 unspecified atom stereocenters. The second-order valence-corrected chi connectivity index (χ2v) is 4.61. The van der Waals surface area contributed by atoms with Gasteiger partial charge in [0.2, 0.25) is 6.17 Å². The Morgan fingerprint density at radius 2 is 1.00 bits per heavy atom. The Labute approximate surface area is 133 Å². The number of rotatable bonds is 7. The molecule has 1 atom stereocenters. The van der Waals surface area contributed by atoms with Gasteiger partial charge >= 0.3 is 41.8 Å². The van der Waals surface area contributed by atoms with Crippen molar-refractivity contribution in [2.45, 2.75) is 42.0 Å². The van der Waals surface area contributed by atoms with E-state index >= 15 is 0 Å². The number of hydrogen-bond donors (Lipinski definition) is 1. The van der Waals surface area contributed by atoms with Crippen LogP contribution in [0.15, 0.2) is 12.2 Å². The molecular formula is C10H4F14O2. The Bertz CT molecular complexity index is 575. The maximum Gasteiger partial charge on any atom is 0.460 e. The SMILES string of the molecule is C=C(C(=O)O)C(F)C(F)(F)C(F)(F)C(F)(F)C(F)(F)C(F)(F)C(F)(F)F. The van der Waals surface area contributed by atoms with Crippen molar-refractivity contribution in [3.63, 3.8) is 0 Å². The second-order valence-electron chi connectivity index (χ2n) is 4.61. The number of carboxylic acid groups (broad SMARTS) is 1. The van der Waals surface area contributed by atoms with Crippen molar-refractivity contribution < 1.29 is 71.4 Å². The predicted molar refractivity (Wildman–Crippen MR) is 52.5 cm³/mol. The fourth-order valence-electron chi connectivity index (χ4n) is 1.27. The van der Waals surface area contributed by atoms with Crippen LogP contribution in [0.4, 0.5) is 61.5 Å². The van der Waals surface area contributed by atoms with E-state index < -0.39 is 53.5 Å². The van der Waals surface area contributed by atoms with E-state index in [0.717, 1.165) is 0 Å². The van der Waals surface area contributed by atoms with Gasteiger partial charge < -0.3 is 5.11 Å². The highest BCUT2D eigenvalue weighted by molar-refractivity contribution is 5.87. The van der Waals surface area contributed by atoms with E-state index in [-0.39, 0.29) is 0 Å². The van der Waals surface area contributed by atoms with Gasteiger partial charge in [-0.1, -0.05) is 6.58 Å². The van der Waals surface area contributed by atoms with Crippen LogP contribution in [-0.2, 0) is 4.79 Å². The summed E-state index contributed by atoms with van der Waals surface area (Å²) in [7, 11) is 0. The number of carbonyl (C=O) groups is 1. The van der Waals surface area contributed by atoms with Crippen molar-refractivity contribution in [1.82, 2.24) is 0 Å². The maximum atomic E-state index is 13.1. The van der Waals surface area contributed by atoms with Crippen LogP contribution in [0.25, 0.3) is 0 Å². The summed E-state index contributed by atoms with van der Waals surface area (Å²) >= 11 is 0. The van der Waals surface area contributed by atoms with E-state index in [1.54, 1.807) is 0 Å². The van der Waals surface area contributed by atoms with Gasteiger partial charge in [-0.25, -0.2) is 9.18 Å². The Morgan fingerprint density at radius 1 is 0.692 bits per heavy atom. The minimum atomic E-state index is -8.19. The zero-order chi connectivity index (χ0) is 21.7. The van der Waals surface area contributed by atoms with Gasteiger partial charge in [0.1, 0.15) is 0 Å². The van der Waals surface area contributed by atoms with Crippen molar-refractivity contribution in [3.05, 3.63) is 12.2 Å². The second kappa shape index (κ2) is 6.14. The highest BCUT2D eigenvalue weighted by Crippen LogP contribution is 2.61. The molecule has 26 heavy (non-hydrogen) atoms. The average Bonchev–Trinajstić information content (AvgIpc) is 2.43. The lowest BCUT2D eigenvalue weighted by molar-refractivity contribution is -0.442. The number of alkyl halides is 14. The molecular weight excluding hydrogens is 418 g/mol. The zero-order valence-electron chi connectivity index (χ0n) is 11.4. The van der Waals surface area contributed by atoms with Crippen molar-refractivity contribution >= 4 is 5.97 Å². The van der Waals surface area contributed by atoms with Crippen molar-refractivity contribution in [3.8, 4) is 0 Å². The Morgan fingerprint density at radius 3 is 1.27 bits per heavy atom. The molecule has 2 nitrogen and oxygen atoms in total. The summed E-state index contributed by atoms with van der Waals surface area (Å²) in [6.45, 7) is 1.92. The van der Waals surface area contributed by atoms with Crippen molar-refractivity contribution in [2.75, 3.05) is 0 Å². The third-order valence-electron chi connectivity index (χ3n) is 2.86. The molecule has 0 rings (SSSR count). The molecule has 0 aliphatic heterocycles. The number of aliphatic carboxylic acids is 1. The molecule has 0 bridgehead atoms. The quantitative estimate of drug-likeness (QED) is 0.477. The summed E-state index contributed by atoms with van der Waals surface area (Å²) in [5.41, 5.74) is -2.59. The van der Waals surface area contributed by atoms with Crippen LogP contribution in [0.5, 0.6) is 0 Å². The summed E-state index contributed by atoms with van der Waals surface area (Å²) in [6.07, 6.45) is -12.6. The van der Waals surface area contributed by atoms with Gasteiger partial charge in [0.25, 0.3) is 0 Å². The first-order valence-electron chi connectivity index (χ1n) is 5.53. The Hall–Kier alpha value is -1.77. The van der Waals surface area contributed by atoms with Crippen LogP contribution in [0.2, 0.25) is 0 Å². The van der Waals surface area contributed by atoms with Gasteiger partial charge in [-0.2, -0.15) is 57.1 Å². The van der Waals surface area contributed by atoms with Gasteiger partial charge in [0.05, 0.1) is 5.57 Å². The summed E-state index contributed by atoms with van der Waals surface area (Å²) in [4.78, 5) is 10.1. The summed E-state index contributed by atoms with van der Waals surface area (Å²) in [5, 5.41) is 8.06. The molecule has 0 radical (unpaired) electrons. The molecule has 0 saturated heterocycles. The molecule has 0 heterocycles. The minimum absolute atomic E-state index is 1.92. The van der Waals surface area contributed by atoms with E-state index in [2.05, 4.69) is 0 Å². The van der Waals surface area contributed by atoms with Gasteiger partial charge in [0.15, 0.2) is 0 Å². The molecule has 0 aromatic heterocycles. The van der Waals surface area contributed by atoms with E-state index in [1.165, 1.54) is 0 Å². The summed E-state index contributed by atoms with van der Waals surface area (Å²) in [5.74, 6) is -42.2. The molecule has 1 N–H and O–H groups in total. The molecule has 0 amide bonds. The van der Waals surface area contributed by atoms with Crippen molar-refractivity contribution in [1.29, 1.82) is 0 Å². The van der Waals surface area contributed by atoms with Crippen LogP contribution in [0.1, 0.15) is 0 Å². The Kier molecular flexibility index (Phi) is 5.72. The third-order valence-corrected chi connectivity index (χ3v) is 2.86. The predicted octanol–water partition coefficient (Wildman–Crippen LogP) is 4.70. The average molecular weight is 422 g/mol. The van der Waals surface area contributed by atoms with Crippen LogP contribution in [0, 0.1) is 0 Å². The number of halogens is 14. The molecule has 0 saturated carbocycles. The lowest BCUT2D eigenvalue weighted by atomic mass is 9.90. The van der Waals surface area contributed by atoms with E-state index in [4.69, 9.17) is 5.11 Å². The number of hydrogen-bond acceptors (Lipinski definition) is 1. The van der Waals surface area contributed by atoms with Crippen molar-refractivity contribution in [2.24, 2.45) is 0 Å². The highest BCUT2D eigenvalue weighted by Gasteiger charge is 2.91. The lowest BCUT2D eigenvalue weighted by Gasteiger charge is -2.40. The molecule has 0 aliphatic rings. The first kappa shape index (κ1) is 24.2. The molecule has 0 aromatic carbocycles. The molecule has 0 aromatic rings. The standard InChI is InChI=1S/C10H4F14O2/c1-2(4(25)26)3(11)5(12,13)6(14,15)7(16,17)8(18,19)9(20,21)10(22,23)24/h3H,1H2,(H,25,26). The molecule has 0 fully saturated rings. The summed E-state index contributed by atoms with van der Waals surface area (Å²) < 4.78 is 178. The van der Waals surface area contributed by atoms with Crippen LogP contribution < -0.4 is 0 Å². The zero-order valence-corrected chi connectivity index (χ0v) is 11.4. The van der Waals surface area contributed by atoms with E-state index in [0.29, 0.717) is 0 Å². The first-order chi connectivity index (χ1) is 11.0. The molecule has 16 heteroatoms. The molecule has 0 spiro atoms. The van der Waals surface area contributed by atoms with E-state index in [9.17, 15) is 66.3 Å². The monoisotopic (exact) mass is 422 g/mol. The van der Waals surface area contributed by atoms with Crippen LogP contribution >= 0.6 is 0 Å². The van der Waals surface area contributed by atoms with E-state index in [1.807, 2.05) is 6.58 Å². The molecule has 154 valence electrons. The van der Waals surface area contributed by atoms with Gasteiger partial charge in [0, 0.05) is 0 Å². The third kappa shape index (κ3) is 3.06. The Balaban J connectivity index is 6.41. The van der Waals surface area contributed by atoms with Crippen LogP contribution in [-0.4, -0.2) is 53.0 Å². The van der Waals surface area contributed by atoms with Gasteiger partial charge in [-0.05, 0) is 0 Å². The lowest BCUT2D eigenvalue weighted by Crippen LogP contribution is -2.71. The topological polar surface area (TPSA) is 37.3 Å². The fraction of sp³-hybridized carbons (Fsp3) is 0.700. The van der Waals surface area contributed by atoms with Gasteiger partial charge in [-0.3, -0.25) is 0 Å². The maximum absolute atomic E-state index is 13.1.